The molecule has 3 rings (SSSR count). The summed E-state index contributed by atoms with van der Waals surface area (Å²) in [5.74, 6) is -1.09. The molecule has 0 bridgehead atoms. The highest BCUT2D eigenvalue weighted by Gasteiger charge is 2.54. The van der Waals surface area contributed by atoms with Crippen LogP contribution in [0.5, 0.6) is 0 Å². The van der Waals surface area contributed by atoms with Gasteiger partial charge in [0.2, 0.25) is 5.91 Å². The van der Waals surface area contributed by atoms with Crippen molar-refractivity contribution in [2.24, 2.45) is 11.1 Å². The van der Waals surface area contributed by atoms with E-state index < -0.39 is 17.4 Å². The Morgan fingerprint density at radius 2 is 2.05 bits per heavy atom. The fraction of sp³-hybridized carbons (Fsp3) is 0.429. The van der Waals surface area contributed by atoms with Gasteiger partial charge in [-0.3, -0.25) is 9.69 Å². The molecule has 0 saturated heterocycles. The fourth-order valence-corrected chi connectivity index (χ4v) is 2.75. The van der Waals surface area contributed by atoms with Crippen molar-refractivity contribution < 1.29 is 14.7 Å². The number of nitrogens with two attached hydrogens (primary N) is 1. The number of fused-ring (bicyclic) bond motifs is 1. The zero-order valence-electron chi connectivity index (χ0n) is 10.5. The minimum Gasteiger partial charge on any atom is -0.480 e. The minimum atomic E-state index is -0.961. The Kier molecular flexibility index (Phi) is 2.60. The molecule has 100 valence electrons. The SMILES string of the molecule is NCC1(C(=O)N2c3ccccc3CC2C(=O)O)CC1. The lowest BCUT2D eigenvalue weighted by Gasteiger charge is -2.26. The Morgan fingerprint density at radius 1 is 1.37 bits per heavy atom. The monoisotopic (exact) mass is 260 g/mol. The van der Waals surface area contributed by atoms with Crippen molar-refractivity contribution in [3.05, 3.63) is 29.8 Å². The van der Waals surface area contributed by atoms with Gasteiger partial charge >= 0.3 is 5.97 Å². The Balaban J connectivity index is 2.01. The van der Waals surface area contributed by atoms with Crippen molar-refractivity contribution >= 4 is 17.6 Å². The van der Waals surface area contributed by atoms with Crippen molar-refractivity contribution in [3.63, 3.8) is 0 Å². The van der Waals surface area contributed by atoms with E-state index in [2.05, 4.69) is 0 Å². The molecule has 19 heavy (non-hydrogen) atoms. The molecule has 3 N–H and O–H groups in total. The third-order valence-corrected chi connectivity index (χ3v) is 4.18. The van der Waals surface area contributed by atoms with Crippen LogP contribution in [0.1, 0.15) is 18.4 Å². The number of amides is 1. The van der Waals surface area contributed by atoms with Crippen LogP contribution in [0.15, 0.2) is 24.3 Å². The molecule has 1 aromatic carbocycles. The number of nitrogens with zero attached hydrogens (tertiary/aromatic N) is 1. The van der Waals surface area contributed by atoms with Gasteiger partial charge in [-0.15, -0.1) is 0 Å². The third kappa shape index (κ3) is 1.73. The maximum Gasteiger partial charge on any atom is 0.327 e. The summed E-state index contributed by atoms with van der Waals surface area (Å²) in [5, 5.41) is 9.34. The number of carbonyl (C=O) groups excluding carboxylic acids is 1. The number of hydrogen-bond donors (Lipinski definition) is 2. The van der Waals surface area contributed by atoms with Crippen LogP contribution in [0.4, 0.5) is 5.69 Å². The van der Waals surface area contributed by atoms with Gasteiger partial charge in [0, 0.05) is 18.7 Å². The van der Waals surface area contributed by atoms with Gasteiger partial charge in [0.25, 0.3) is 0 Å². The van der Waals surface area contributed by atoms with Crippen LogP contribution in [-0.2, 0) is 16.0 Å². The van der Waals surface area contributed by atoms with Crippen molar-refractivity contribution in [3.8, 4) is 0 Å². The van der Waals surface area contributed by atoms with Crippen molar-refractivity contribution in [2.45, 2.75) is 25.3 Å². The first kappa shape index (κ1) is 12.2. The van der Waals surface area contributed by atoms with Crippen LogP contribution >= 0.6 is 0 Å². The first-order valence-electron chi connectivity index (χ1n) is 6.43. The van der Waals surface area contributed by atoms with Crippen molar-refractivity contribution in [1.29, 1.82) is 0 Å². The van der Waals surface area contributed by atoms with Crippen molar-refractivity contribution in [1.82, 2.24) is 0 Å². The molecule has 2 aliphatic rings. The van der Waals surface area contributed by atoms with E-state index in [1.807, 2.05) is 24.3 Å². The van der Waals surface area contributed by atoms with Crippen LogP contribution in [-0.4, -0.2) is 29.6 Å². The lowest BCUT2D eigenvalue weighted by Crippen LogP contribution is -2.48. The van der Waals surface area contributed by atoms with Gasteiger partial charge < -0.3 is 10.8 Å². The summed E-state index contributed by atoms with van der Waals surface area (Å²) in [5.41, 5.74) is 6.80. The Labute approximate surface area is 111 Å². The summed E-state index contributed by atoms with van der Waals surface area (Å²) in [6, 6.07) is 6.57. The first-order valence-corrected chi connectivity index (χ1v) is 6.43. The van der Waals surface area contributed by atoms with Gasteiger partial charge in [-0.2, -0.15) is 0 Å². The minimum absolute atomic E-state index is 0.132. The second kappa shape index (κ2) is 4.06. The maximum absolute atomic E-state index is 12.6. The number of benzene rings is 1. The quantitative estimate of drug-likeness (QED) is 0.840. The number of carboxylic acids is 1. The molecule has 1 aliphatic carbocycles. The average Bonchev–Trinajstić information content (AvgIpc) is 3.11. The first-order chi connectivity index (χ1) is 9.09. The molecular formula is C14H16N2O3. The van der Waals surface area contributed by atoms with Gasteiger partial charge in [-0.05, 0) is 24.5 Å². The summed E-state index contributed by atoms with van der Waals surface area (Å²) in [4.78, 5) is 25.5. The van der Waals surface area contributed by atoms with Gasteiger partial charge in [0.1, 0.15) is 6.04 Å². The van der Waals surface area contributed by atoms with Crippen LogP contribution in [0.25, 0.3) is 0 Å². The Morgan fingerprint density at radius 3 is 2.63 bits per heavy atom. The average molecular weight is 260 g/mol. The smallest absolute Gasteiger partial charge is 0.327 e. The molecule has 1 amide bonds. The van der Waals surface area contributed by atoms with E-state index in [4.69, 9.17) is 5.73 Å². The number of anilines is 1. The molecule has 1 atom stereocenters. The van der Waals surface area contributed by atoms with E-state index in [1.165, 1.54) is 4.90 Å². The van der Waals surface area contributed by atoms with E-state index >= 15 is 0 Å². The van der Waals surface area contributed by atoms with Crippen LogP contribution in [0.2, 0.25) is 0 Å². The van der Waals surface area contributed by atoms with E-state index in [0.717, 1.165) is 24.1 Å². The number of para-hydroxylation sites is 1. The number of aliphatic carboxylic acids is 1. The van der Waals surface area contributed by atoms with Gasteiger partial charge in [0.05, 0.1) is 5.41 Å². The summed E-state index contributed by atoms with van der Waals surface area (Å²) >= 11 is 0. The molecular weight excluding hydrogens is 244 g/mol. The molecule has 1 saturated carbocycles. The molecule has 1 fully saturated rings. The Bertz CT molecular complexity index is 551. The molecule has 0 radical (unpaired) electrons. The number of hydrogen-bond acceptors (Lipinski definition) is 3. The standard InChI is InChI=1S/C14H16N2O3/c15-8-14(5-6-14)13(19)16-10-4-2-1-3-9(10)7-11(16)12(17)18/h1-4,11H,5-8,15H2,(H,17,18). The third-order valence-electron chi connectivity index (χ3n) is 4.18. The highest BCUT2D eigenvalue weighted by Crippen LogP contribution is 2.48. The number of carboxylic acid groups (broad SMARTS) is 1. The zero-order chi connectivity index (χ0) is 13.6. The molecule has 5 nitrogen and oxygen atoms in total. The predicted molar refractivity (Wildman–Crippen MR) is 69.8 cm³/mol. The van der Waals surface area contributed by atoms with E-state index in [-0.39, 0.29) is 12.5 Å². The molecule has 1 unspecified atom stereocenters. The van der Waals surface area contributed by atoms with E-state index in [0.29, 0.717) is 6.42 Å². The van der Waals surface area contributed by atoms with E-state index in [9.17, 15) is 14.7 Å². The lowest BCUT2D eigenvalue weighted by atomic mass is 10.0. The molecule has 1 aromatic rings. The maximum atomic E-state index is 12.6. The predicted octanol–water partition coefficient (Wildman–Crippen LogP) is 0.768. The summed E-state index contributed by atoms with van der Waals surface area (Å²) < 4.78 is 0. The van der Waals surface area contributed by atoms with E-state index in [1.54, 1.807) is 0 Å². The van der Waals surface area contributed by atoms with Crippen LogP contribution in [0.3, 0.4) is 0 Å². The van der Waals surface area contributed by atoms with Gasteiger partial charge in [-0.25, -0.2) is 4.79 Å². The molecule has 5 heteroatoms. The molecule has 0 aromatic heterocycles. The Hall–Kier alpha value is -1.88. The second-order valence-electron chi connectivity index (χ2n) is 5.35. The largest absolute Gasteiger partial charge is 0.480 e. The highest BCUT2D eigenvalue weighted by molar-refractivity contribution is 6.05. The second-order valence-corrected chi connectivity index (χ2v) is 5.35. The zero-order valence-corrected chi connectivity index (χ0v) is 10.5. The molecule has 0 spiro atoms. The number of carbonyl (C=O) groups is 2. The van der Waals surface area contributed by atoms with Gasteiger partial charge in [-0.1, -0.05) is 18.2 Å². The van der Waals surface area contributed by atoms with Crippen molar-refractivity contribution in [2.75, 3.05) is 11.4 Å². The summed E-state index contributed by atoms with van der Waals surface area (Å²) in [7, 11) is 0. The molecule has 1 heterocycles. The fourth-order valence-electron chi connectivity index (χ4n) is 2.75. The molecule has 1 aliphatic heterocycles. The normalized spacial score (nSPS) is 23.0. The summed E-state index contributed by atoms with van der Waals surface area (Å²) in [6.07, 6.45) is 1.89. The van der Waals surface area contributed by atoms with Crippen LogP contribution < -0.4 is 10.6 Å². The lowest BCUT2D eigenvalue weighted by molar-refractivity contribution is -0.140. The van der Waals surface area contributed by atoms with Gasteiger partial charge in [0.15, 0.2) is 0 Å². The topological polar surface area (TPSA) is 83.6 Å². The summed E-state index contributed by atoms with van der Waals surface area (Å²) in [6.45, 7) is 0.289. The van der Waals surface area contributed by atoms with Crippen LogP contribution in [0, 0.1) is 5.41 Å². The highest BCUT2D eigenvalue weighted by atomic mass is 16.4. The number of rotatable bonds is 3.